The van der Waals surface area contributed by atoms with Crippen LogP contribution in [0.25, 0.3) is 11.5 Å². The summed E-state index contributed by atoms with van der Waals surface area (Å²) in [5.41, 5.74) is 7.12. The van der Waals surface area contributed by atoms with Gasteiger partial charge in [-0.15, -0.1) is 0 Å². The molecule has 0 aliphatic heterocycles. The molecular formula is C12H15N3O2. The minimum Gasteiger partial charge on any atom is -0.495 e. The lowest BCUT2D eigenvalue weighted by atomic mass is 10.2. The molecule has 0 fully saturated rings. The van der Waals surface area contributed by atoms with Crippen LogP contribution in [0.1, 0.15) is 25.6 Å². The number of rotatable bonds is 3. The summed E-state index contributed by atoms with van der Waals surface area (Å²) in [5.74, 6) is 2.01. The van der Waals surface area contributed by atoms with E-state index in [9.17, 15) is 0 Å². The summed E-state index contributed by atoms with van der Waals surface area (Å²) >= 11 is 0. The van der Waals surface area contributed by atoms with E-state index in [2.05, 4.69) is 10.1 Å². The van der Waals surface area contributed by atoms with Gasteiger partial charge in [0.05, 0.1) is 12.8 Å². The summed E-state index contributed by atoms with van der Waals surface area (Å²) in [6, 6.07) is 5.37. The molecule has 17 heavy (non-hydrogen) atoms. The van der Waals surface area contributed by atoms with Crippen LogP contribution in [0.15, 0.2) is 22.7 Å². The summed E-state index contributed by atoms with van der Waals surface area (Å²) in [4.78, 5) is 4.31. The first kappa shape index (κ1) is 11.4. The first-order chi connectivity index (χ1) is 8.11. The van der Waals surface area contributed by atoms with Crippen LogP contribution in [0, 0.1) is 0 Å². The molecule has 5 heteroatoms. The second-order valence-corrected chi connectivity index (χ2v) is 4.07. The zero-order chi connectivity index (χ0) is 12.4. The third kappa shape index (κ3) is 2.22. The quantitative estimate of drug-likeness (QED) is 0.824. The number of hydrogen-bond donors (Lipinski definition) is 1. The third-order valence-corrected chi connectivity index (χ3v) is 2.44. The van der Waals surface area contributed by atoms with Gasteiger partial charge in [-0.2, -0.15) is 4.98 Å². The number of methoxy groups -OCH3 is 1. The van der Waals surface area contributed by atoms with Gasteiger partial charge in [-0.3, -0.25) is 0 Å². The Morgan fingerprint density at radius 1 is 1.35 bits per heavy atom. The van der Waals surface area contributed by atoms with E-state index in [0.29, 0.717) is 23.2 Å². The molecular weight excluding hydrogens is 218 g/mol. The monoisotopic (exact) mass is 233 g/mol. The second-order valence-electron chi connectivity index (χ2n) is 4.07. The molecule has 0 atom stereocenters. The molecule has 0 aliphatic carbocycles. The fourth-order valence-corrected chi connectivity index (χ4v) is 1.43. The number of ether oxygens (including phenoxy) is 1. The molecule has 2 N–H and O–H groups in total. The van der Waals surface area contributed by atoms with E-state index in [1.807, 2.05) is 19.9 Å². The second kappa shape index (κ2) is 4.45. The normalized spacial score (nSPS) is 10.8. The van der Waals surface area contributed by atoms with E-state index in [-0.39, 0.29) is 5.92 Å². The van der Waals surface area contributed by atoms with Gasteiger partial charge < -0.3 is 15.0 Å². The number of hydrogen-bond acceptors (Lipinski definition) is 5. The topological polar surface area (TPSA) is 74.2 Å². The molecule has 0 spiro atoms. The fourth-order valence-electron chi connectivity index (χ4n) is 1.43. The Morgan fingerprint density at radius 3 is 2.71 bits per heavy atom. The highest BCUT2D eigenvalue weighted by Crippen LogP contribution is 2.28. The number of benzene rings is 1. The summed E-state index contributed by atoms with van der Waals surface area (Å²) in [6.07, 6.45) is 0. The zero-order valence-electron chi connectivity index (χ0n) is 10.1. The highest BCUT2D eigenvalue weighted by Gasteiger charge is 2.12. The number of nitrogens with two attached hydrogens (primary N) is 1. The standard InChI is InChI=1S/C12H15N3O2/c1-7(2)11-14-12(17-15-11)8-4-5-9(13)10(6-8)16-3/h4-7H,13H2,1-3H3. The summed E-state index contributed by atoms with van der Waals surface area (Å²) in [5, 5.41) is 3.91. The number of anilines is 1. The van der Waals surface area contributed by atoms with Crippen molar-refractivity contribution in [3.8, 4) is 17.2 Å². The molecule has 0 saturated carbocycles. The molecule has 2 aromatic rings. The lowest BCUT2D eigenvalue weighted by Crippen LogP contribution is -1.93. The van der Waals surface area contributed by atoms with Crippen molar-refractivity contribution in [1.82, 2.24) is 10.1 Å². The maximum Gasteiger partial charge on any atom is 0.258 e. The average Bonchev–Trinajstić information content (AvgIpc) is 2.79. The van der Waals surface area contributed by atoms with Crippen molar-refractivity contribution in [3.63, 3.8) is 0 Å². The molecule has 90 valence electrons. The van der Waals surface area contributed by atoms with Gasteiger partial charge in [-0.05, 0) is 18.2 Å². The fraction of sp³-hybridized carbons (Fsp3) is 0.333. The highest BCUT2D eigenvalue weighted by atomic mass is 16.5. The van der Waals surface area contributed by atoms with Crippen molar-refractivity contribution in [1.29, 1.82) is 0 Å². The molecule has 0 saturated heterocycles. The van der Waals surface area contributed by atoms with Crippen LogP contribution in [0.5, 0.6) is 5.75 Å². The van der Waals surface area contributed by atoms with Crippen LogP contribution in [0.2, 0.25) is 0 Å². The maximum atomic E-state index is 5.74. The lowest BCUT2D eigenvalue weighted by Gasteiger charge is -2.04. The van der Waals surface area contributed by atoms with Crippen LogP contribution >= 0.6 is 0 Å². The number of aromatic nitrogens is 2. The van der Waals surface area contributed by atoms with Gasteiger partial charge in [-0.1, -0.05) is 19.0 Å². The van der Waals surface area contributed by atoms with Crippen molar-refractivity contribution >= 4 is 5.69 Å². The largest absolute Gasteiger partial charge is 0.495 e. The number of nitrogens with zero attached hydrogens (tertiary/aromatic N) is 2. The molecule has 2 rings (SSSR count). The van der Waals surface area contributed by atoms with E-state index < -0.39 is 0 Å². The van der Waals surface area contributed by atoms with Crippen molar-refractivity contribution in [3.05, 3.63) is 24.0 Å². The minimum atomic E-state index is 0.239. The predicted octanol–water partition coefficient (Wildman–Crippen LogP) is 2.45. The van der Waals surface area contributed by atoms with Crippen molar-refractivity contribution in [2.75, 3.05) is 12.8 Å². The average molecular weight is 233 g/mol. The Balaban J connectivity index is 2.38. The predicted molar refractivity (Wildman–Crippen MR) is 64.8 cm³/mol. The summed E-state index contributed by atoms with van der Waals surface area (Å²) < 4.78 is 10.3. The van der Waals surface area contributed by atoms with Crippen LogP contribution in [-0.2, 0) is 0 Å². The molecule has 0 unspecified atom stereocenters. The zero-order valence-corrected chi connectivity index (χ0v) is 10.1. The van der Waals surface area contributed by atoms with Crippen molar-refractivity contribution < 1.29 is 9.26 Å². The molecule has 0 amide bonds. The summed E-state index contributed by atoms with van der Waals surface area (Å²) in [6.45, 7) is 4.02. The Hall–Kier alpha value is -2.04. The Morgan fingerprint density at radius 2 is 2.12 bits per heavy atom. The van der Waals surface area contributed by atoms with Crippen LogP contribution in [0.4, 0.5) is 5.69 Å². The van der Waals surface area contributed by atoms with Gasteiger partial charge in [-0.25, -0.2) is 0 Å². The molecule has 1 aromatic carbocycles. The van der Waals surface area contributed by atoms with E-state index in [0.717, 1.165) is 5.56 Å². The first-order valence-electron chi connectivity index (χ1n) is 5.39. The van der Waals surface area contributed by atoms with Crippen molar-refractivity contribution in [2.45, 2.75) is 19.8 Å². The smallest absolute Gasteiger partial charge is 0.258 e. The highest BCUT2D eigenvalue weighted by molar-refractivity contribution is 5.64. The maximum absolute atomic E-state index is 5.74. The van der Waals surface area contributed by atoms with Crippen LogP contribution in [0.3, 0.4) is 0 Å². The van der Waals surface area contributed by atoms with Crippen molar-refractivity contribution in [2.24, 2.45) is 0 Å². The SMILES string of the molecule is COc1cc(-c2nc(C(C)C)no2)ccc1N. The van der Waals surface area contributed by atoms with E-state index >= 15 is 0 Å². The van der Waals surface area contributed by atoms with Gasteiger partial charge in [0.25, 0.3) is 5.89 Å². The molecule has 1 aromatic heterocycles. The molecule has 5 nitrogen and oxygen atoms in total. The van der Waals surface area contributed by atoms with E-state index in [1.165, 1.54) is 0 Å². The Labute approximate surface area is 99.6 Å². The first-order valence-corrected chi connectivity index (χ1v) is 5.39. The van der Waals surface area contributed by atoms with Gasteiger partial charge in [0, 0.05) is 11.5 Å². The minimum absolute atomic E-state index is 0.239. The van der Waals surface area contributed by atoms with Gasteiger partial charge >= 0.3 is 0 Å². The third-order valence-electron chi connectivity index (χ3n) is 2.44. The summed E-state index contributed by atoms with van der Waals surface area (Å²) in [7, 11) is 1.57. The molecule has 1 heterocycles. The van der Waals surface area contributed by atoms with Crippen LogP contribution < -0.4 is 10.5 Å². The Bertz CT molecular complexity index is 520. The Kier molecular flexibility index (Phi) is 2.99. The van der Waals surface area contributed by atoms with Gasteiger partial charge in [0.1, 0.15) is 5.75 Å². The van der Waals surface area contributed by atoms with E-state index in [4.69, 9.17) is 15.0 Å². The van der Waals surface area contributed by atoms with Gasteiger partial charge in [0.2, 0.25) is 0 Å². The lowest BCUT2D eigenvalue weighted by molar-refractivity contribution is 0.412. The van der Waals surface area contributed by atoms with Crippen LogP contribution in [-0.4, -0.2) is 17.3 Å². The molecule has 0 aliphatic rings. The molecule has 0 radical (unpaired) electrons. The van der Waals surface area contributed by atoms with Gasteiger partial charge in [0.15, 0.2) is 5.82 Å². The van der Waals surface area contributed by atoms with E-state index in [1.54, 1.807) is 19.2 Å². The number of nitrogen functional groups attached to an aromatic ring is 1. The molecule has 0 bridgehead atoms.